The van der Waals surface area contributed by atoms with Crippen LogP contribution in [0.25, 0.3) is 11.0 Å². The first kappa shape index (κ1) is 19.9. The molecule has 2 aliphatic rings. The number of hydrogen-bond donors (Lipinski definition) is 0. The predicted molar refractivity (Wildman–Crippen MR) is 116 cm³/mol. The number of amides is 1. The van der Waals surface area contributed by atoms with E-state index in [0.29, 0.717) is 23.1 Å². The number of fused-ring (bicyclic) bond motifs is 2. The van der Waals surface area contributed by atoms with Gasteiger partial charge in [0, 0.05) is 38.6 Å². The van der Waals surface area contributed by atoms with Crippen LogP contribution >= 0.6 is 0 Å². The van der Waals surface area contributed by atoms with Gasteiger partial charge in [0.15, 0.2) is 5.43 Å². The topological polar surface area (TPSA) is 75.9 Å². The summed E-state index contributed by atoms with van der Waals surface area (Å²) in [5, 5.41) is 0.515. The standard InChI is InChI=1S/C24H25N3O4/c1-16-3-4-19-18(15-16)22(28)20-21(17-5-7-25-8-6-17)27(24(29)23(20)31-19)10-2-9-26-11-13-30-14-12-26/h3-8,15,21H,2,9-14H2,1H3/t21-/m0/s1. The summed E-state index contributed by atoms with van der Waals surface area (Å²) in [6, 6.07) is 8.75. The summed E-state index contributed by atoms with van der Waals surface area (Å²) < 4.78 is 11.4. The van der Waals surface area contributed by atoms with Crippen LogP contribution in [0.2, 0.25) is 0 Å². The highest BCUT2D eigenvalue weighted by atomic mass is 16.5. The van der Waals surface area contributed by atoms with Gasteiger partial charge in [-0.2, -0.15) is 0 Å². The first-order valence-corrected chi connectivity index (χ1v) is 10.7. The Morgan fingerprint density at radius 1 is 1.06 bits per heavy atom. The molecule has 0 unspecified atom stereocenters. The Balaban J connectivity index is 1.52. The third kappa shape index (κ3) is 3.64. The van der Waals surface area contributed by atoms with Crippen LogP contribution in [0.3, 0.4) is 0 Å². The molecule has 7 heteroatoms. The summed E-state index contributed by atoms with van der Waals surface area (Å²) in [5.74, 6) is -0.0621. The van der Waals surface area contributed by atoms with E-state index in [4.69, 9.17) is 9.15 Å². The van der Waals surface area contributed by atoms with Crippen LogP contribution < -0.4 is 5.43 Å². The third-order valence-corrected chi connectivity index (χ3v) is 6.12. The molecular weight excluding hydrogens is 394 g/mol. The van der Waals surface area contributed by atoms with Crippen LogP contribution in [0.1, 0.15) is 39.7 Å². The van der Waals surface area contributed by atoms with E-state index in [1.54, 1.807) is 23.4 Å². The molecule has 0 bridgehead atoms. The monoisotopic (exact) mass is 419 g/mol. The minimum absolute atomic E-state index is 0.134. The summed E-state index contributed by atoms with van der Waals surface area (Å²) in [5.41, 5.74) is 2.59. The molecule has 0 N–H and O–H groups in total. The van der Waals surface area contributed by atoms with E-state index in [-0.39, 0.29) is 17.1 Å². The number of ether oxygens (including phenoxy) is 1. The summed E-state index contributed by atoms with van der Waals surface area (Å²) in [6.45, 7) is 6.68. The Labute approximate surface area is 180 Å². The van der Waals surface area contributed by atoms with Crippen molar-refractivity contribution in [1.82, 2.24) is 14.8 Å². The number of carbonyl (C=O) groups is 1. The van der Waals surface area contributed by atoms with Crippen molar-refractivity contribution in [3.63, 3.8) is 0 Å². The second kappa shape index (κ2) is 8.24. The Bertz CT molecular complexity index is 1170. The van der Waals surface area contributed by atoms with Gasteiger partial charge in [-0.05, 0) is 43.2 Å². The van der Waals surface area contributed by atoms with Gasteiger partial charge < -0.3 is 14.1 Å². The van der Waals surface area contributed by atoms with E-state index in [1.807, 2.05) is 31.2 Å². The van der Waals surface area contributed by atoms with Crippen molar-refractivity contribution in [2.45, 2.75) is 19.4 Å². The van der Waals surface area contributed by atoms with Gasteiger partial charge in [-0.3, -0.25) is 19.5 Å². The quantitative estimate of drug-likeness (QED) is 0.633. The highest BCUT2D eigenvalue weighted by Crippen LogP contribution is 2.38. The Kier molecular flexibility index (Phi) is 5.29. The fraction of sp³-hybridized carbons (Fsp3) is 0.375. The summed E-state index contributed by atoms with van der Waals surface area (Å²) in [7, 11) is 0. The Morgan fingerprint density at radius 2 is 1.84 bits per heavy atom. The van der Waals surface area contributed by atoms with E-state index in [2.05, 4.69) is 9.88 Å². The molecule has 1 atom stereocenters. The van der Waals surface area contributed by atoms with E-state index in [9.17, 15) is 9.59 Å². The van der Waals surface area contributed by atoms with Crippen LogP contribution in [0.5, 0.6) is 0 Å². The van der Waals surface area contributed by atoms with Gasteiger partial charge in [0.25, 0.3) is 5.91 Å². The van der Waals surface area contributed by atoms with Gasteiger partial charge in [-0.25, -0.2) is 0 Å². The largest absolute Gasteiger partial charge is 0.450 e. The number of aromatic nitrogens is 1. The molecule has 1 amide bonds. The molecule has 2 aromatic heterocycles. The normalized spacial score (nSPS) is 19.2. The van der Waals surface area contributed by atoms with Crippen molar-refractivity contribution >= 4 is 16.9 Å². The lowest BCUT2D eigenvalue weighted by molar-refractivity contribution is 0.0353. The predicted octanol–water partition coefficient (Wildman–Crippen LogP) is 2.76. The zero-order valence-electron chi connectivity index (χ0n) is 17.5. The molecule has 2 aliphatic heterocycles. The zero-order chi connectivity index (χ0) is 21.4. The third-order valence-electron chi connectivity index (χ3n) is 6.12. The molecular formula is C24H25N3O4. The second-order valence-electron chi connectivity index (χ2n) is 8.16. The van der Waals surface area contributed by atoms with E-state index >= 15 is 0 Å². The molecule has 160 valence electrons. The van der Waals surface area contributed by atoms with E-state index in [1.165, 1.54) is 0 Å². The molecule has 1 saturated heterocycles. The van der Waals surface area contributed by atoms with Crippen molar-refractivity contribution < 1.29 is 13.9 Å². The number of nitrogens with zero attached hydrogens (tertiary/aromatic N) is 3. The molecule has 31 heavy (non-hydrogen) atoms. The number of morpholine rings is 1. The first-order valence-electron chi connectivity index (χ1n) is 10.7. The first-order chi connectivity index (χ1) is 15.1. The molecule has 0 aliphatic carbocycles. The van der Waals surface area contributed by atoms with Gasteiger partial charge in [-0.1, -0.05) is 11.6 Å². The molecule has 0 spiro atoms. The number of hydrogen-bond acceptors (Lipinski definition) is 6. The number of benzene rings is 1. The van der Waals surface area contributed by atoms with Crippen LogP contribution in [0, 0.1) is 6.92 Å². The van der Waals surface area contributed by atoms with Gasteiger partial charge >= 0.3 is 0 Å². The van der Waals surface area contributed by atoms with Crippen LogP contribution in [-0.4, -0.2) is 60.1 Å². The number of carbonyl (C=O) groups excluding carboxylic acids is 1. The highest BCUT2D eigenvalue weighted by molar-refractivity contribution is 5.99. The van der Waals surface area contributed by atoms with Crippen LogP contribution in [0.15, 0.2) is 51.9 Å². The van der Waals surface area contributed by atoms with E-state index < -0.39 is 6.04 Å². The van der Waals surface area contributed by atoms with Gasteiger partial charge in [0.2, 0.25) is 5.76 Å². The van der Waals surface area contributed by atoms with Gasteiger partial charge in [0.1, 0.15) is 5.58 Å². The maximum atomic E-state index is 13.5. The Morgan fingerprint density at radius 3 is 2.61 bits per heavy atom. The van der Waals surface area contributed by atoms with Gasteiger partial charge in [0.05, 0.1) is 30.2 Å². The SMILES string of the molecule is Cc1ccc2oc3c(c(=O)c2c1)[C@H](c1ccncc1)N(CCCN1CCOCC1)C3=O. The van der Waals surface area contributed by atoms with Crippen molar-refractivity contribution in [3.8, 4) is 0 Å². The van der Waals surface area contributed by atoms with Crippen molar-refractivity contribution in [3.05, 3.63) is 75.4 Å². The van der Waals surface area contributed by atoms with Crippen LogP contribution in [0.4, 0.5) is 0 Å². The maximum absolute atomic E-state index is 13.5. The highest BCUT2D eigenvalue weighted by Gasteiger charge is 2.42. The van der Waals surface area contributed by atoms with Gasteiger partial charge in [-0.15, -0.1) is 0 Å². The molecule has 1 aromatic carbocycles. The maximum Gasteiger partial charge on any atom is 0.290 e. The lowest BCUT2D eigenvalue weighted by Gasteiger charge is -2.29. The molecule has 5 rings (SSSR count). The fourth-order valence-electron chi connectivity index (χ4n) is 4.55. The lowest BCUT2D eigenvalue weighted by Crippen LogP contribution is -2.38. The van der Waals surface area contributed by atoms with Crippen LogP contribution in [-0.2, 0) is 4.74 Å². The fourth-order valence-corrected chi connectivity index (χ4v) is 4.55. The average Bonchev–Trinajstić information content (AvgIpc) is 3.08. The zero-order valence-corrected chi connectivity index (χ0v) is 17.5. The van der Waals surface area contributed by atoms with Crippen molar-refractivity contribution in [2.24, 2.45) is 0 Å². The minimum Gasteiger partial charge on any atom is -0.450 e. The molecule has 4 heterocycles. The molecule has 7 nitrogen and oxygen atoms in total. The molecule has 0 radical (unpaired) electrons. The smallest absolute Gasteiger partial charge is 0.290 e. The van der Waals surface area contributed by atoms with Crippen molar-refractivity contribution in [2.75, 3.05) is 39.4 Å². The number of aryl methyl sites for hydroxylation is 1. The van der Waals surface area contributed by atoms with Crippen molar-refractivity contribution in [1.29, 1.82) is 0 Å². The molecule has 1 fully saturated rings. The number of pyridine rings is 1. The summed E-state index contributed by atoms with van der Waals surface area (Å²) in [4.78, 5) is 35.1. The number of rotatable bonds is 5. The molecule has 3 aromatic rings. The molecule has 0 saturated carbocycles. The second-order valence-corrected chi connectivity index (χ2v) is 8.16. The lowest BCUT2D eigenvalue weighted by atomic mass is 9.99. The van der Waals surface area contributed by atoms with E-state index in [0.717, 1.165) is 50.4 Å². The Hall–Kier alpha value is -3.03. The summed E-state index contributed by atoms with van der Waals surface area (Å²) in [6.07, 6.45) is 4.20. The average molecular weight is 419 g/mol. The minimum atomic E-state index is -0.462. The summed E-state index contributed by atoms with van der Waals surface area (Å²) >= 11 is 0.